The van der Waals surface area contributed by atoms with E-state index in [0.717, 1.165) is 17.1 Å². The van der Waals surface area contributed by atoms with Crippen molar-refractivity contribution < 1.29 is 9.21 Å². The van der Waals surface area contributed by atoms with Crippen molar-refractivity contribution in [3.8, 4) is 11.3 Å². The van der Waals surface area contributed by atoms with Gasteiger partial charge >= 0.3 is 0 Å². The molecule has 1 amide bonds. The number of amides is 1. The Hall–Kier alpha value is -1.81. The van der Waals surface area contributed by atoms with Gasteiger partial charge in [0.2, 0.25) is 5.91 Å². The van der Waals surface area contributed by atoms with Gasteiger partial charge in [-0.05, 0) is 30.0 Å². The van der Waals surface area contributed by atoms with Crippen molar-refractivity contribution in [2.45, 2.75) is 19.4 Å². The third kappa shape index (κ3) is 3.34. The van der Waals surface area contributed by atoms with Crippen LogP contribution in [0.5, 0.6) is 0 Å². The smallest absolute Gasteiger partial charge is 0.220 e. The quantitative estimate of drug-likeness (QED) is 0.807. The lowest BCUT2D eigenvalue weighted by Gasteiger charge is -2.01. The summed E-state index contributed by atoms with van der Waals surface area (Å²) in [4.78, 5) is 11.4. The Labute approximate surface area is 110 Å². The molecular weight excluding hydrogens is 246 g/mol. The first-order valence-electron chi connectivity index (χ1n) is 5.78. The third-order valence-electron chi connectivity index (χ3n) is 2.50. The van der Waals surface area contributed by atoms with E-state index in [2.05, 4.69) is 11.9 Å². The van der Waals surface area contributed by atoms with E-state index in [4.69, 9.17) is 4.42 Å². The number of allylic oxidation sites excluding steroid dienone is 1. The Morgan fingerprint density at radius 2 is 2.33 bits per heavy atom. The SMILES string of the molecule is C=CCCC(=O)NCc1ccc(-c2ccsc2)o1. The number of hydrogen-bond donors (Lipinski definition) is 1. The molecule has 0 radical (unpaired) electrons. The van der Waals surface area contributed by atoms with Crippen molar-refractivity contribution >= 4 is 17.2 Å². The number of carbonyl (C=O) groups is 1. The van der Waals surface area contributed by atoms with Crippen LogP contribution >= 0.6 is 11.3 Å². The molecule has 0 aliphatic heterocycles. The fourth-order valence-corrected chi connectivity index (χ4v) is 2.19. The highest BCUT2D eigenvalue weighted by molar-refractivity contribution is 7.08. The Balaban J connectivity index is 1.87. The minimum Gasteiger partial charge on any atom is -0.459 e. The molecule has 2 aromatic heterocycles. The van der Waals surface area contributed by atoms with Gasteiger partial charge in [-0.15, -0.1) is 6.58 Å². The Morgan fingerprint density at radius 3 is 3.06 bits per heavy atom. The monoisotopic (exact) mass is 261 g/mol. The number of hydrogen-bond acceptors (Lipinski definition) is 3. The molecule has 94 valence electrons. The maximum Gasteiger partial charge on any atom is 0.220 e. The van der Waals surface area contributed by atoms with E-state index in [1.165, 1.54) is 0 Å². The fraction of sp³-hybridized carbons (Fsp3) is 0.214. The standard InChI is InChI=1S/C14H15NO2S/c1-2-3-4-14(16)15-9-12-5-6-13(17-12)11-7-8-18-10-11/h2,5-8,10H,1,3-4,9H2,(H,15,16). The van der Waals surface area contributed by atoms with E-state index in [-0.39, 0.29) is 5.91 Å². The van der Waals surface area contributed by atoms with Crippen molar-refractivity contribution in [1.82, 2.24) is 5.32 Å². The summed E-state index contributed by atoms with van der Waals surface area (Å²) in [6.07, 6.45) is 2.91. The van der Waals surface area contributed by atoms with Crippen molar-refractivity contribution in [2.24, 2.45) is 0 Å². The molecule has 0 unspecified atom stereocenters. The molecule has 2 heterocycles. The van der Waals surface area contributed by atoms with E-state index < -0.39 is 0 Å². The molecule has 0 atom stereocenters. The molecule has 0 fully saturated rings. The summed E-state index contributed by atoms with van der Waals surface area (Å²) in [5, 5.41) is 6.86. The molecule has 18 heavy (non-hydrogen) atoms. The van der Waals surface area contributed by atoms with Gasteiger partial charge in [-0.2, -0.15) is 11.3 Å². The van der Waals surface area contributed by atoms with Crippen LogP contribution in [0.2, 0.25) is 0 Å². The van der Waals surface area contributed by atoms with Crippen molar-refractivity contribution in [1.29, 1.82) is 0 Å². The van der Waals surface area contributed by atoms with Crippen LogP contribution in [0, 0.1) is 0 Å². The maximum absolute atomic E-state index is 11.4. The first kappa shape index (κ1) is 12.6. The highest BCUT2D eigenvalue weighted by atomic mass is 32.1. The van der Waals surface area contributed by atoms with Crippen LogP contribution in [0.4, 0.5) is 0 Å². The minimum atomic E-state index is 0.0170. The van der Waals surface area contributed by atoms with Gasteiger partial charge in [0.1, 0.15) is 11.5 Å². The van der Waals surface area contributed by atoms with Gasteiger partial charge in [0.25, 0.3) is 0 Å². The number of furan rings is 1. The zero-order chi connectivity index (χ0) is 12.8. The van der Waals surface area contributed by atoms with Crippen LogP contribution < -0.4 is 5.32 Å². The average Bonchev–Trinajstić information content (AvgIpc) is 3.03. The topological polar surface area (TPSA) is 42.2 Å². The molecule has 0 saturated heterocycles. The van der Waals surface area contributed by atoms with Crippen LogP contribution in [0.15, 0.2) is 46.0 Å². The van der Waals surface area contributed by atoms with Gasteiger partial charge in [-0.25, -0.2) is 0 Å². The molecule has 2 aromatic rings. The summed E-state index contributed by atoms with van der Waals surface area (Å²) in [7, 11) is 0. The van der Waals surface area contributed by atoms with Crippen molar-refractivity contribution in [2.75, 3.05) is 0 Å². The number of rotatable bonds is 6. The predicted octanol–water partition coefficient (Wildman–Crippen LogP) is 3.59. The highest BCUT2D eigenvalue weighted by Crippen LogP contribution is 2.24. The van der Waals surface area contributed by atoms with Crippen LogP contribution in [-0.4, -0.2) is 5.91 Å². The van der Waals surface area contributed by atoms with E-state index in [9.17, 15) is 4.79 Å². The first-order valence-corrected chi connectivity index (χ1v) is 6.73. The Morgan fingerprint density at radius 1 is 1.44 bits per heavy atom. The molecule has 0 bridgehead atoms. The van der Waals surface area contributed by atoms with Crippen LogP contribution in [0.25, 0.3) is 11.3 Å². The van der Waals surface area contributed by atoms with Crippen molar-refractivity contribution in [3.05, 3.63) is 47.4 Å². The zero-order valence-electron chi connectivity index (χ0n) is 10.0. The fourth-order valence-electron chi connectivity index (χ4n) is 1.54. The van der Waals surface area contributed by atoms with Gasteiger partial charge in [0, 0.05) is 17.4 Å². The summed E-state index contributed by atoms with van der Waals surface area (Å²) in [6.45, 7) is 4.02. The molecule has 2 rings (SSSR count). The van der Waals surface area contributed by atoms with Crippen LogP contribution in [0.1, 0.15) is 18.6 Å². The maximum atomic E-state index is 11.4. The normalized spacial score (nSPS) is 10.2. The summed E-state index contributed by atoms with van der Waals surface area (Å²) in [5.74, 6) is 1.62. The number of thiophene rings is 1. The summed E-state index contributed by atoms with van der Waals surface area (Å²) >= 11 is 1.63. The van der Waals surface area contributed by atoms with E-state index in [0.29, 0.717) is 19.4 Å². The summed E-state index contributed by atoms with van der Waals surface area (Å²) < 4.78 is 5.65. The lowest BCUT2D eigenvalue weighted by Crippen LogP contribution is -2.21. The van der Waals surface area contributed by atoms with Gasteiger partial charge < -0.3 is 9.73 Å². The molecule has 3 nitrogen and oxygen atoms in total. The molecule has 4 heteroatoms. The second-order valence-corrected chi connectivity index (χ2v) is 4.66. The molecule has 1 N–H and O–H groups in total. The molecule has 0 spiro atoms. The largest absolute Gasteiger partial charge is 0.459 e. The third-order valence-corrected chi connectivity index (χ3v) is 3.19. The molecular formula is C14H15NO2S. The van der Waals surface area contributed by atoms with E-state index in [1.54, 1.807) is 17.4 Å². The summed E-state index contributed by atoms with van der Waals surface area (Å²) in [6, 6.07) is 5.82. The second-order valence-electron chi connectivity index (χ2n) is 3.88. The van der Waals surface area contributed by atoms with Gasteiger partial charge in [-0.3, -0.25) is 4.79 Å². The average molecular weight is 261 g/mol. The van der Waals surface area contributed by atoms with Crippen LogP contribution in [0.3, 0.4) is 0 Å². The lowest BCUT2D eigenvalue weighted by atomic mass is 10.3. The van der Waals surface area contributed by atoms with Crippen LogP contribution in [-0.2, 0) is 11.3 Å². The van der Waals surface area contributed by atoms with Gasteiger partial charge in [0.05, 0.1) is 6.54 Å². The molecule has 0 aliphatic carbocycles. The lowest BCUT2D eigenvalue weighted by molar-refractivity contribution is -0.121. The number of nitrogens with one attached hydrogen (secondary N) is 1. The highest BCUT2D eigenvalue weighted by Gasteiger charge is 2.06. The minimum absolute atomic E-state index is 0.0170. The van der Waals surface area contributed by atoms with Gasteiger partial charge in [0.15, 0.2) is 0 Å². The Kier molecular flexibility index (Phi) is 4.36. The van der Waals surface area contributed by atoms with E-state index >= 15 is 0 Å². The van der Waals surface area contributed by atoms with E-state index in [1.807, 2.05) is 29.0 Å². The predicted molar refractivity (Wildman–Crippen MR) is 73.3 cm³/mol. The summed E-state index contributed by atoms with van der Waals surface area (Å²) in [5.41, 5.74) is 1.07. The Bertz CT molecular complexity index is 514. The number of carbonyl (C=O) groups excluding carboxylic acids is 1. The first-order chi connectivity index (χ1) is 8.79. The molecule has 0 saturated carbocycles. The zero-order valence-corrected chi connectivity index (χ0v) is 10.8. The molecule has 0 aliphatic rings. The molecule has 0 aromatic carbocycles. The second kappa shape index (κ2) is 6.21. The van der Waals surface area contributed by atoms with Gasteiger partial charge in [-0.1, -0.05) is 6.08 Å². The van der Waals surface area contributed by atoms with Crippen molar-refractivity contribution in [3.63, 3.8) is 0 Å².